The number of hydrogen-bond acceptors (Lipinski definition) is 3. The summed E-state index contributed by atoms with van der Waals surface area (Å²) in [6, 6.07) is 0. The molecular weight excluding hydrogens is 133 g/mol. The van der Waals surface area contributed by atoms with Crippen LogP contribution in [0.4, 0.5) is 0 Å². The van der Waals surface area contributed by atoms with Crippen molar-refractivity contribution in [2.24, 2.45) is 0 Å². The van der Waals surface area contributed by atoms with Crippen LogP contribution in [-0.2, 0) is 9.53 Å². The van der Waals surface area contributed by atoms with Gasteiger partial charge in [-0.3, -0.25) is 10.1 Å². The van der Waals surface area contributed by atoms with Crippen molar-refractivity contribution in [3.05, 3.63) is 0 Å². The molecule has 2 N–H and O–H groups in total. The number of aliphatic carboxylic acids is 1. The van der Waals surface area contributed by atoms with Crippen molar-refractivity contribution >= 4 is 13.8 Å². The van der Waals surface area contributed by atoms with Gasteiger partial charge in [0.25, 0.3) is 0 Å². The molecule has 54 valence electrons. The van der Waals surface area contributed by atoms with Crippen molar-refractivity contribution in [1.29, 1.82) is 0 Å². The molecule has 0 spiro atoms. The van der Waals surface area contributed by atoms with Crippen LogP contribution in [0.15, 0.2) is 0 Å². The molecule has 2 atom stereocenters. The van der Waals surface area contributed by atoms with E-state index in [4.69, 9.17) is 17.7 Å². The highest BCUT2D eigenvalue weighted by atomic mass is 16.5. The summed E-state index contributed by atoms with van der Waals surface area (Å²) < 4.78 is 4.91. The summed E-state index contributed by atoms with van der Waals surface area (Å²) in [6.45, 7) is 1.72. The van der Waals surface area contributed by atoms with Crippen LogP contribution in [0, 0.1) is 0 Å². The monoisotopic (exact) mass is 141 g/mol. The molecule has 2 radical (unpaired) electrons. The van der Waals surface area contributed by atoms with E-state index in [1.54, 1.807) is 6.92 Å². The lowest BCUT2D eigenvalue weighted by molar-refractivity contribution is -0.140. The zero-order valence-electron chi connectivity index (χ0n) is 5.63. The molecule has 0 aromatic rings. The van der Waals surface area contributed by atoms with Gasteiger partial charge in [0.1, 0.15) is 14.1 Å². The summed E-state index contributed by atoms with van der Waals surface area (Å²) >= 11 is 0. The number of carboxylic acid groups (broad SMARTS) is 1. The molecule has 1 fully saturated rings. The van der Waals surface area contributed by atoms with E-state index in [1.165, 1.54) is 0 Å². The molecule has 0 saturated carbocycles. The number of carbonyl (C=O) groups is 1. The average Bonchev–Trinajstić information content (AvgIpc) is 2.13. The second-order valence-electron chi connectivity index (χ2n) is 2.37. The molecule has 4 nitrogen and oxygen atoms in total. The Morgan fingerprint density at radius 1 is 2.00 bits per heavy atom. The number of ether oxygens (including phenoxy) is 1. The third kappa shape index (κ3) is 1.15. The van der Waals surface area contributed by atoms with Crippen LogP contribution in [0.5, 0.6) is 0 Å². The van der Waals surface area contributed by atoms with E-state index < -0.39 is 11.4 Å². The van der Waals surface area contributed by atoms with Gasteiger partial charge in [-0.15, -0.1) is 0 Å². The van der Waals surface area contributed by atoms with Crippen molar-refractivity contribution in [3.8, 4) is 0 Å². The fraction of sp³-hybridized carbons (Fsp3) is 0.800. The maximum absolute atomic E-state index is 10.4. The number of nitrogens with one attached hydrogen (secondary N) is 1. The first-order valence-electron chi connectivity index (χ1n) is 2.96. The lowest BCUT2D eigenvalue weighted by Crippen LogP contribution is -2.51. The predicted octanol–water partition coefficient (Wildman–Crippen LogP) is -1.10. The molecular formula is C5H8BNO3. The number of carboxylic acids is 1. The summed E-state index contributed by atoms with van der Waals surface area (Å²) in [5.41, 5.74) is -1.39. The van der Waals surface area contributed by atoms with E-state index in [9.17, 15) is 4.79 Å². The maximum Gasteiger partial charge on any atom is 0.316 e. The zero-order chi connectivity index (χ0) is 7.78. The lowest BCUT2D eigenvalue weighted by atomic mass is 9.79. The summed E-state index contributed by atoms with van der Waals surface area (Å²) in [4.78, 5) is 10.4. The van der Waals surface area contributed by atoms with E-state index >= 15 is 0 Å². The third-order valence-electron chi connectivity index (χ3n) is 1.40. The first-order valence-corrected chi connectivity index (χ1v) is 2.96. The molecule has 0 bridgehead atoms. The van der Waals surface area contributed by atoms with Gasteiger partial charge in [-0.05, 0) is 6.92 Å². The SMILES string of the molecule is [B][C@]1(C(=O)O)COC(C)N1. The highest BCUT2D eigenvalue weighted by molar-refractivity contribution is 6.27. The minimum absolute atomic E-state index is 0.0174. The molecule has 5 heteroatoms. The molecule has 1 aliphatic rings. The van der Waals surface area contributed by atoms with Gasteiger partial charge in [0.15, 0.2) is 0 Å². The highest BCUT2D eigenvalue weighted by Gasteiger charge is 2.39. The summed E-state index contributed by atoms with van der Waals surface area (Å²) in [7, 11) is 5.36. The van der Waals surface area contributed by atoms with E-state index in [-0.39, 0.29) is 12.8 Å². The van der Waals surface area contributed by atoms with Crippen molar-refractivity contribution in [1.82, 2.24) is 5.32 Å². The average molecular weight is 141 g/mol. The van der Waals surface area contributed by atoms with Gasteiger partial charge < -0.3 is 9.84 Å². The molecule has 1 rings (SSSR count). The van der Waals surface area contributed by atoms with Crippen LogP contribution in [0.2, 0.25) is 0 Å². The van der Waals surface area contributed by atoms with Gasteiger partial charge in [0.2, 0.25) is 0 Å². The van der Waals surface area contributed by atoms with E-state index in [2.05, 4.69) is 5.32 Å². The van der Waals surface area contributed by atoms with Crippen molar-refractivity contribution in [3.63, 3.8) is 0 Å². The largest absolute Gasteiger partial charge is 0.480 e. The normalized spacial score (nSPS) is 39.9. The Balaban J connectivity index is 2.63. The Labute approximate surface area is 60.0 Å². The quantitative estimate of drug-likeness (QED) is 0.455. The first kappa shape index (κ1) is 7.56. The highest BCUT2D eigenvalue weighted by Crippen LogP contribution is 2.10. The van der Waals surface area contributed by atoms with Crippen LogP contribution in [0.1, 0.15) is 6.92 Å². The number of rotatable bonds is 1. The molecule has 0 aromatic heterocycles. The molecule has 0 aliphatic carbocycles. The smallest absolute Gasteiger partial charge is 0.316 e. The van der Waals surface area contributed by atoms with Gasteiger partial charge in [0, 0.05) is 0 Å². The summed E-state index contributed by atoms with van der Waals surface area (Å²) in [5.74, 6) is -1.09. The van der Waals surface area contributed by atoms with Crippen LogP contribution >= 0.6 is 0 Å². The summed E-state index contributed by atoms with van der Waals surface area (Å²) in [6.07, 6.45) is -0.277. The Kier molecular flexibility index (Phi) is 1.70. The van der Waals surface area contributed by atoms with Gasteiger partial charge in [-0.2, -0.15) is 0 Å². The van der Waals surface area contributed by atoms with Gasteiger partial charge in [-0.1, -0.05) is 0 Å². The third-order valence-corrected chi connectivity index (χ3v) is 1.40. The van der Waals surface area contributed by atoms with Gasteiger partial charge in [0.05, 0.1) is 12.0 Å². The Morgan fingerprint density at radius 2 is 2.60 bits per heavy atom. The van der Waals surface area contributed by atoms with E-state index in [0.29, 0.717) is 0 Å². The fourth-order valence-corrected chi connectivity index (χ4v) is 0.826. The minimum atomic E-state index is -1.39. The molecule has 0 amide bonds. The Morgan fingerprint density at radius 3 is 2.80 bits per heavy atom. The first-order chi connectivity index (χ1) is 4.54. The molecule has 1 heterocycles. The predicted molar refractivity (Wildman–Crippen MR) is 34.7 cm³/mol. The second-order valence-corrected chi connectivity index (χ2v) is 2.37. The summed E-state index contributed by atoms with van der Waals surface area (Å²) in [5, 5.41) is 11.1. The van der Waals surface area contributed by atoms with Crippen LogP contribution in [0.25, 0.3) is 0 Å². The van der Waals surface area contributed by atoms with Gasteiger partial charge >= 0.3 is 5.97 Å². The number of hydrogen-bond donors (Lipinski definition) is 2. The van der Waals surface area contributed by atoms with E-state index in [0.717, 1.165) is 0 Å². The molecule has 1 saturated heterocycles. The van der Waals surface area contributed by atoms with Crippen molar-refractivity contribution in [2.45, 2.75) is 18.6 Å². The van der Waals surface area contributed by atoms with Crippen LogP contribution < -0.4 is 5.32 Å². The lowest BCUT2D eigenvalue weighted by Gasteiger charge is -2.16. The van der Waals surface area contributed by atoms with Gasteiger partial charge in [-0.25, -0.2) is 0 Å². The Hall–Kier alpha value is -0.545. The molecule has 10 heavy (non-hydrogen) atoms. The van der Waals surface area contributed by atoms with E-state index in [1.807, 2.05) is 0 Å². The van der Waals surface area contributed by atoms with Crippen molar-refractivity contribution in [2.75, 3.05) is 6.61 Å². The Bertz CT molecular complexity index is 163. The van der Waals surface area contributed by atoms with Crippen LogP contribution in [-0.4, -0.2) is 37.2 Å². The molecule has 1 unspecified atom stereocenters. The topological polar surface area (TPSA) is 58.6 Å². The van der Waals surface area contributed by atoms with Crippen molar-refractivity contribution < 1.29 is 14.6 Å². The second kappa shape index (κ2) is 2.25. The molecule has 0 aromatic carbocycles. The standard InChI is InChI=1S/C5H8BNO3/c1-3-7-5(6,2-10-3)4(8)9/h3,7H,2H2,1H3,(H,8,9)/t3?,5-/m1/s1. The minimum Gasteiger partial charge on any atom is -0.480 e. The fourth-order valence-electron chi connectivity index (χ4n) is 0.826. The zero-order valence-corrected chi connectivity index (χ0v) is 5.63. The maximum atomic E-state index is 10.4. The molecule has 1 aliphatic heterocycles. The van der Waals surface area contributed by atoms with Crippen LogP contribution in [0.3, 0.4) is 0 Å².